The average molecular weight is 433 g/mol. The van der Waals surface area contributed by atoms with E-state index in [2.05, 4.69) is 15.6 Å². The van der Waals surface area contributed by atoms with Crippen molar-refractivity contribution in [3.8, 4) is 11.5 Å². The van der Waals surface area contributed by atoms with Gasteiger partial charge in [-0.2, -0.15) is 0 Å². The smallest absolute Gasteiger partial charge is 0.258 e. The van der Waals surface area contributed by atoms with Crippen LogP contribution in [0.25, 0.3) is 0 Å². The summed E-state index contributed by atoms with van der Waals surface area (Å²) in [5.41, 5.74) is 2.43. The molecule has 0 aliphatic carbocycles. The summed E-state index contributed by atoms with van der Waals surface area (Å²) in [5.74, 6) is 0.0871. The molecule has 1 heterocycles. The molecule has 8 heteroatoms. The van der Waals surface area contributed by atoms with Crippen LogP contribution in [0.4, 0.5) is 5.69 Å². The molecular weight excluding hydrogens is 410 g/mol. The summed E-state index contributed by atoms with van der Waals surface area (Å²) in [4.78, 5) is 39.8. The molecule has 2 aromatic carbocycles. The molecule has 32 heavy (non-hydrogen) atoms. The van der Waals surface area contributed by atoms with E-state index in [1.807, 2.05) is 6.07 Å². The van der Waals surface area contributed by atoms with E-state index in [-0.39, 0.29) is 30.7 Å². The molecule has 0 atom stereocenters. The summed E-state index contributed by atoms with van der Waals surface area (Å²) >= 11 is 0. The molecule has 0 radical (unpaired) electrons. The zero-order chi connectivity index (χ0) is 22.9. The van der Waals surface area contributed by atoms with Crippen LogP contribution in [0.1, 0.15) is 33.2 Å². The number of rotatable bonds is 9. The molecule has 0 aliphatic rings. The number of hydrogen-bond donors (Lipinski definition) is 2. The van der Waals surface area contributed by atoms with Crippen molar-refractivity contribution in [3.05, 3.63) is 83.7 Å². The van der Waals surface area contributed by atoms with Gasteiger partial charge in [-0.25, -0.2) is 0 Å². The lowest BCUT2D eigenvalue weighted by Gasteiger charge is -2.12. The lowest BCUT2D eigenvalue weighted by atomic mass is 10.1. The highest BCUT2D eigenvalue weighted by atomic mass is 16.5. The number of carbonyl (C=O) groups is 3. The van der Waals surface area contributed by atoms with Gasteiger partial charge < -0.3 is 20.1 Å². The second kappa shape index (κ2) is 10.7. The van der Waals surface area contributed by atoms with Gasteiger partial charge in [0.25, 0.3) is 11.8 Å². The van der Waals surface area contributed by atoms with Gasteiger partial charge in [-0.15, -0.1) is 0 Å². The predicted octanol–water partition coefficient (Wildman–Crippen LogP) is 3.24. The van der Waals surface area contributed by atoms with E-state index in [1.165, 1.54) is 14.0 Å². The van der Waals surface area contributed by atoms with Gasteiger partial charge in [-0.1, -0.05) is 12.1 Å². The first-order valence-corrected chi connectivity index (χ1v) is 9.85. The maximum atomic E-state index is 12.3. The van der Waals surface area contributed by atoms with E-state index >= 15 is 0 Å². The van der Waals surface area contributed by atoms with E-state index < -0.39 is 0 Å². The third-order valence-electron chi connectivity index (χ3n) is 4.55. The first kappa shape index (κ1) is 22.5. The highest BCUT2D eigenvalue weighted by Crippen LogP contribution is 2.28. The minimum Gasteiger partial charge on any atom is -0.493 e. The quantitative estimate of drug-likeness (QED) is 0.502. The van der Waals surface area contributed by atoms with Crippen LogP contribution in [0, 0.1) is 0 Å². The minimum absolute atomic E-state index is 0.0909. The van der Waals surface area contributed by atoms with Crippen LogP contribution >= 0.6 is 0 Å². The second-order valence-corrected chi connectivity index (χ2v) is 6.88. The molecule has 2 N–H and O–H groups in total. The fourth-order valence-corrected chi connectivity index (χ4v) is 2.87. The summed E-state index contributed by atoms with van der Waals surface area (Å²) in [6.45, 7) is 1.51. The number of Topliss-reactive ketones (excluding diaryl/α,β-unsaturated/α-hetero) is 1. The van der Waals surface area contributed by atoms with Gasteiger partial charge in [0.1, 0.15) is 0 Å². The lowest BCUT2D eigenvalue weighted by Crippen LogP contribution is -2.28. The lowest BCUT2D eigenvalue weighted by molar-refractivity contribution is -0.123. The summed E-state index contributed by atoms with van der Waals surface area (Å²) in [6.07, 6.45) is 3.10. The fourth-order valence-electron chi connectivity index (χ4n) is 2.87. The SMILES string of the molecule is COc1cc(C(C)=O)ccc1OCC(=O)NCc1cccc(NC(=O)c2ccncc2)c1. The van der Waals surface area contributed by atoms with Gasteiger partial charge in [-0.05, 0) is 55.0 Å². The summed E-state index contributed by atoms with van der Waals surface area (Å²) in [6, 6.07) is 15.2. The van der Waals surface area contributed by atoms with Crippen LogP contribution in [-0.4, -0.2) is 36.3 Å². The third kappa shape index (κ3) is 6.15. The van der Waals surface area contributed by atoms with Crippen molar-refractivity contribution in [3.63, 3.8) is 0 Å². The molecule has 0 spiro atoms. The van der Waals surface area contributed by atoms with Crippen LogP contribution in [0.15, 0.2) is 67.0 Å². The van der Waals surface area contributed by atoms with Crippen molar-refractivity contribution in [2.75, 3.05) is 19.0 Å². The van der Waals surface area contributed by atoms with Gasteiger partial charge in [0.2, 0.25) is 0 Å². The minimum atomic E-state index is -0.325. The number of methoxy groups -OCH3 is 1. The van der Waals surface area contributed by atoms with Crippen LogP contribution in [0.2, 0.25) is 0 Å². The highest BCUT2D eigenvalue weighted by Gasteiger charge is 2.11. The predicted molar refractivity (Wildman–Crippen MR) is 119 cm³/mol. The summed E-state index contributed by atoms with van der Waals surface area (Å²) in [5, 5.41) is 5.58. The Labute approximate surface area is 185 Å². The number of nitrogens with one attached hydrogen (secondary N) is 2. The number of carbonyl (C=O) groups excluding carboxylic acids is 3. The van der Waals surface area contributed by atoms with Crippen molar-refractivity contribution in [1.82, 2.24) is 10.3 Å². The van der Waals surface area contributed by atoms with Crippen molar-refractivity contribution in [1.29, 1.82) is 0 Å². The Morgan fingerprint density at radius 2 is 1.72 bits per heavy atom. The van der Waals surface area contributed by atoms with Gasteiger partial charge in [-0.3, -0.25) is 19.4 Å². The Hall–Kier alpha value is -4.20. The van der Waals surface area contributed by atoms with Crippen LogP contribution in [0.3, 0.4) is 0 Å². The molecule has 0 bridgehead atoms. The normalized spacial score (nSPS) is 10.2. The Morgan fingerprint density at radius 1 is 0.938 bits per heavy atom. The molecule has 1 aromatic heterocycles. The average Bonchev–Trinajstić information content (AvgIpc) is 2.82. The topological polar surface area (TPSA) is 107 Å². The number of aromatic nitrogens is 1. The number of hydrogen-bond acceptors (Lipinski definition) is 6. The Kier molecular flexibility index (Phi) is 7.53. The third-order valence-corrected chi connectivity index (χ3v) is 4.55. The molecule has 0 aliphatic heterocycles. The molecule has 0 saturated carbocycles. The monoisotopic (exact) mass is 433 g/mol. The maximum Gasteiger partial charge on any atom is 0.258 e. The number of nitrogens with zero attached hydrogens (tertiary/aromatic N) is 1. The molecule has 0 unspecified atom stereocenters. The molecule has 164 valence electrons. The molecule has 3 rings (SSSR count). The summed E-state index contributed by atoms with van der Waals surface area (Å²) < 4.78 is 10.8. The molecule has 2 amide bonds. The first-order chi connectivity index (χ1) is 15.5. The van der Waals surface area contributed by atoms with E-state index in [4.69, 9.17) is 9.47 Å². The zero-order valence-corrected chi connectivity index (χ0v) is 17.8. The molecule has 0 saturated heterocycles. The molecule has 0 fully saturated rings. The Morgan fingerprint density at radius 3 is 2.44 bits per heavy atom. The van der Waals surface area contributed by atoms with Gasteiger partial charge in [0.05, 0.1) is 7.11 Å². The maximum absolute atomic E-state index is 12.3. The number of amides is 2. The Balaban J connectivity index is 1.52. The number of anilines is 1. The van der Waals surface area contributed by atoms with Gasteiger partial charge >= 0.3 is 0 Å². The van der Waals surface area contributed by atoms with E-state index in [1.54, 1.807) is 60.9 Å². The van der Waals surface area contributed by atoms with Crippen molar-refractivity contribution in [2.24, 2.45) is 0 Å². The van der Waals surface area contributed by atoms with Crippen molar-refractivity contribution in [2.45, 2.75) is 13.5 Å². The van der Waals surface area contributed by atoms with Gasteiger partial charge in [0.15, 0.2) is 23.9 Å². The van der Waals surface area contributed by atoms with Crippen LogP contribution in [0.5, 0.6) is 11.5 Å². The number of ketones is 1. The van der Waals surface area contributed by atoms with Crippen molar-refractivity contribution >= 4 is 23.3 Å². The van der Waals surface area contributed by atoms with Crippen LogP contribution < -0.4 is 20.1 Å². The first-order valence-electron chi connectivity index (χ1n) is 9.85. The second-order valence-electron chi connectivity index (χ2n) is 6.88. The standard InChI is InChI=1S/C24H23N3O5/c1-16(28)19-6-7-21(22(13-19)31-2)32-15-23(29)26-14-17-4-3-5-20(12-17)27-24(30)18-8-10-25-11-9-18/h3-13H,14-15H2,1-2H3,(H,26,29)(H,27,30). The van der Waals surface area contributed by atoms with Crippen molar-refractivity contribution < 1.29 is 23.9 Å². The molecular formula is C24H23N3O5. The van der Waals surface area contributed by atoms with E-state index in [0.717, 1.165) is 5.56 Å². The number of ether oxygens (including phenoxy) is 2. The molecule has 3 aromatic rings. The largest absolute Gasteiger partial charge is 0.493 e. The van der Waals surface area contributed by atoms with Crippen LogP contribution in [-0.2, 0) is 11.3 Å². The fraction of sp³-hybridized carbons (Fsp3) is 0.167. The zero-order valence-electron chi connectivity index (χ0n) is 17.8. The Bertz CT molecular complexity index is 1120. The highest BCUT2D eigenvalue weighted by molar-refractivity contribution is 6.04. The summed E-state index contributed by atoms with van der Waals surface area (Å²) in [7, 11) is 1.46. The number of pyridine rings is 1. The van der Waals surface area contributed by atoms with E-state index in [9.17, 15) is 14.4 Å². The molecule has 8 nitrogen and oxygen atoms in total. The van der Waals surface area contributed by atoms with Gasteiger partial charge in [0, 0.05) is 35.8 Å². The van der Waals surface area contributed by atoms with E-state index in [0.29, 0.717) is 28.3 Å². The number of benzene rings is 2.